The van der Waals surface area contributed by atoms with Crippen molar-refractivity contribution in [2.75, 3.05) is 6.61 Å². The molecule has 0 aromatic rings. The van der Waals surface area contributed by atoms with Crippen LogP contribution in [0.25, 0.3) is 0 Å². The van der Waals surface area contributed by atoms with E-state index in [2.05, 4.69) is 13.0 Å². The SMILES string of the molecule is C\C=C/C1=C/OC\C=C/C=C\1C. The van der Waals surface area contributed by atoms with Crippen LogP contribution in [0.1, 0.15) is 13.8 Å². The average molecular weight is 162 g/mol. The highest BCUT2D eigenvalue weighted by atomic mass is 16.5. The fourth-order valence-corrected chi connectivity index (χ4v) is 1.00. The van der Waals surface area contributed by atoms with Crippen molar-refractivity contribution in [3.63, 3.8) is 0 Å². The number of ether oxygens (including phenoxy) is 1. The summed E-state index contributed by atoms with van der Waals surface area (Å²) in [4.78, 5) is 0. The van der Waals surface area contributed by atoms with Crippen LogP contribution in [-0.2, 0) is 4.74 Å². The molecule has 1 aliphatic heterocycles. The Labute approximate surface area is 73.7 Å². The fraction of sp³-hybridized carbons (Fsp3) is 0.273. The van der Waals surface area contributed by atoms with E-state index < -0.39 is 0 Å². The first-order valence-corrected chi connectivity index (χ1v) is 4.13. The van der Waals surface area contributed by atoms with E-state index in [1.54, 1.807) is 6.26 Å². The zero-order valence-corrected chi connectivity index (χ0v) is 7.58. The Balaban J connectivity index is 2.87. The maximum absolute atomic E-state index is 5.27. The molecule has 12 heavy (non-hydrogen) atoms. The zero-order valence-electron chi connectivity index (χ0n) is 7.58. The van der Waals surface area contributed by atoms with Crippen molar-refractivity contribution in [2.45, 2.75) is 13.8 Å². The van der Waals surface area contributed by atoms with Gasteiger partial charge in [0.2, 0.25) is 0 Å². The normalized spacial score (nSPS) is 29.2. The highest BCUT2D eigenvalue weighted by Gasteiger charge is 1.95. The molecule has 0 atom stereocenters. The van der Waals surface area contributed by atoms with Crippen molar-refractivity contribution >= 4 is 0 Å². The third kappa shape index (κ3) is 2.42. The van der Waals surface area contributed by atoms with Crippen molar-refractivity contribution in [2.24, 2.45) is 0 Å². The molecule has 1 aliphatic rings. The highest BCUT2D eigenvalue weighted by Crippen LogP contribution is 2.12. The van der Waals surface area contributed by atoms with Gasteiger partial charge < -0.3 is 4.74 Å². The maximum atomic E-state index is 5.27. The summed E-state index contributed by atoms with van der Waals surface area (Å²) in [6.45, 7) is 4.73. The van der Waals surface area contributed by atoms with E-state index in [9.17, 15) is 0 Å². The highest BCUT2D eigenvalue weighted by molar-refractivity contribution is 5.39. The molecule has 0 aromatic heterocycles. The molecule has 1 rings (SSSR count). The molecule has 0 N–H and O–H groups in total. The van der Waals surface area contributed by atoms with Gasteiger partial charge in [-0.25, -0.2) is 0 Å². The molecule has 0 fully saturated rings. The van der Waals surface area contributed by atoms with E-state index in [1.165, 1.54) is 5.57 Å². The molecule has 0 unspecified atom stereocenters. The van der Waals surface area contributed by atoms with Crippen LogP contribution in [-0.4, -0.2) is 6.61 Å². The molecule has 0 aromatic carbocycles. The first kappa shape index (κ1) is 8.85. The molecule has 0 aliphatic carbocycles. The summed E-state index contributed by atoms with van der Waals surface area (Å²) in [7, 11) is 0. The molecule has 64 valence electrons. The lowest BCUT2D eigenvalue weighted by molar-refractivity contribution is 0.287. The zero-order chi connectivity index (χ0) is 8.81. The molecule has 1 nitrogen and oxygen atoms in total. The largest absolute Gasteiger partial charge is 0.496 e. The van der Waals surface area contributed by atoms with Gasteiger partial charge in [-0.15, -0.1) is 0 Å². The molecule has 0 bridgehead atoms. The van der Waals surface area contributed by atoms with Crippen LogP contribution in [0.2, 0.25) is 0 Å². The Kier molecular flexibility index (Phi) is 3.39. The topological polar surface area (TPSA) is 9.23 Å². The van der Waals surface area contributed by atoms with Gasteiger partial charge in [-0.3, -0.25) is 0 Å². The van der Waals surface area contributed by atoms with E-state index >= 15 is 0 Å². The average Bonchev–Trinajstić information content (AvgIpc) is 2.05. The standard InChI is InChI=1S/C11H14O/c1-3-6-11-9-12-8-5-4-7-10(11)2/h3-7,9H,8H2,1-2H3/b5-4-,6-3-,10-7-,11-9-. The predicted molar refractivity (Wildman–Crippen MR) is 51.7 cm³/mol. The Hall–Kier alpha value is -1.24. The van der Waals surface area contributed by atoms with Crippen molar-refractivity contribution in [1.82, 2.24) is 0 Å². The lowest BCUT2D eigenvalue weighted by Crippen LogP contribution is -1.89. The van der Waals surface area contributed by atoms with Crippen LogP contribution in [0.5, 0.6) is 0 Å². The Morgan fingerprint density at radius 2 is 2.33 bits per heavy atom. The van der Waals surface area contributed by atoms with Crippen molar-refractivity contribution < 1.29 is 4.74 Å². The first-order chi connectivity index (χ1) is 5.84. The number of hydrogen-bond acceptors (Lipinski definition) is 1. The molecule has 1 heterocycles. The van der Waals surface area contributed by atoms with Crippen LogP contribution in [0.15, 0.2) is 47.8 Å². The second-order valence-corrected chi connectivity index (χ2v) is 2.68. The monoisotopic (exact) mass is 162 g/mol. The second kappa shape index (κ2) is 4.60. The van der Waals surface area contributed by atoms with Gasteiger partial charge in [0.15, 0.2) is 0 Å². The smallest absolute Gasteiger partial charge is 0.106 e. The van der Waals surface area contributed by atoms with Crippen LogP contribution in [0.3, 0.4) is 0 Å². The minimum Gasteiger partial charge on any atom is -0.496 e. The summed E-state index contributed by atoms with van der Waals surface area (Å²) in [5, 5.41) is 0. The molecular weight excluding hydrogens is 148 g/mol. The van der Waals surface area contributed by atoms with Crippen molar-refractivity contribution in [3.8, 4) is 0 Å². The summed E-state index contributed by atoms with van der Waals surface area (Å²) >= 11 is 0. The van der Waals surface area contributed by atoms with Crippen LogP contribution in [0.4, 0.5) is 0 Å². The van der Waals surface area contributed by atoms with Crippen LogP contribution < -0.4 is 0 Å². The van der Waals surface area contributed by atoms with Gasteiger partial charge in [-0.05, 0) is 25.5 Å². The Morgan fingerprint density at radius 1 is 1.50 bits per heavy atom. The van der Waals surface area contributed by atoms with Gasteiger partial charge in [0, 0.05) is 5.57 Å². The number of hydrogen-bond donors (Lipinski definition) is 0. The summed E-state index contributed by atoms with van der Waals surface area (Å²) in [6.07, 6.45) is 12.0. The van der Waals surface area contributed by atoms with Gasteiger partial charge in [0.05, 0.1) is 6.26 Å². The van der Waals surface area contributed by atoms with Gasteiger partial charge in [0.25, 0.3) is 0 Å². The molecule has 0 saturated carbocycles. The van der Waals surface area contributed by atoms with E-state index in [0.29, 0.717) is 6.61 Å². The quantitative estimate of drug-likeness (QED) is 0.576. The van der Waals surface area contributed by atoms with Gasteiger partial charge in [0.1, 0.15) is 6.61 Å². The lowest BCUT2D eigenvalue weighted by Gasteiger charge is -2.05. The molecular formula is C11H14O. The van der Waals surface area contributed by atoms with Crippen LogP contribution >= 0.6 is 0 Å². The molecule has 0 radical (unpaired) electrons. The second-order valence-electron chi connectivity index (χ2n) is 2.68. The van der Waals surface area contributed by atoms with E-state index in [1.807, 2.05) is 31.2 Å². The molecule has 0 saturated heterocycles. The minimum atomic E-state index is 0.658. The van der Waals surface area contributed by atoms with Crippen molar-refractivity contribution in [3.05, 3.63) is 47.8 Å². The summed E-state index contributed by atoms with van der Waals surface area (Å²) < 4.78 is 5.27. The van der Waals surface area contributed by atoms with E-state index in [0.717, 1.165) is 5.57 Å². The Morgan fingerprint density at radius 3 is 3.08 bits per heavy atom. The third-order valence-electron chi connectivity index (χ3n) is 1.69. The summed E-state index contributed by atoms with van der Waals surface area (Å²) in [6, 6.07) is 0. The van der Waals surface area contributed by atoms with Crippen LogP contribution in [0, 0.1) is 0 Å². The molecule has 0 spiro atoms. The van der Waals surface area contributed by atoms with E-state index in [-0.39, 0.29) is 0 Å². The van der Waals surface area contributed by atoms with Gasteiger partial charge >= 0.3 is 0 Å². The van der Waals surface area contributed by atoms with E-state index in [4.69, 9.17) is 4.74 Å². The van der Waals surface area contributed by atoms with Gasteiger partial charge in [-0.1, -0.05) is 24.3 Å². The Bertz CT molecular complexity index is 254. The summed E-state index contributed by atoms with van der Waals surface area (Å²) in [5.74, 6) is 0. The van der Waals surface area contributed by atoms with Crippen molar-refractivity contribution in [1.29, 1.82) is 0 Å². The molecule has 1 heteroatoms. The maximum Gasteiger partial charge on any atom is 0.106 e. The third-order valence-corrected chi connectivity index (χ3v) is 1.69. The predicted octanol–water partition coefficient (Wildman–Crippen LogP) is 2.98. The lowest BCUT2D eigenvalue weighted by atomic mass is 10.1. The minimum absolute atomic E-state index is 0.658. The first-order valence-electron chi connectivity index (χ1n) is 4.13. The molecule has 0 amide bonds. The fourth-order valence-electron chi connectivity index (χ4n) is 1.00. The number of rotatable bonds is 1. The summed E-state index contributed by atoms with van der Waals surface area (Å²) in [5.41, 5.74) is 2.37. The van der Waals surface area contributed by atoms with Gasteiger partial charge in [-0.2, -0.15) is 0 Å². The number of allylic oxidation sites excluding steroid dienone is 6.